The summed E-state index contributed by atoms with van der Waals surface area (Å²) in [7, 11) is 0. The number of aromatic nitrogens is 2. The molecule has 2 rings (SSSR count). The average Bonchev–Trinajstić information content (AvgIpc) is 2.91. The maximum absolute atomic E-state index is 12.0. The lowest BCUT2D eigenvalue weighted by atomic mass is 10.2. The number of carbonyl (C=O) groups is 1. The van der Waals surface area contributed by atoms with Crippen LogP contribution in [0.5, 0.6) is 5.75 Å². The second-order valence-corrected chi connectivity index (χ2v) is 6.32. The van der Waals surface area contributed by atoms with Crippen molar-refractivity contribution in [3.8, 4) is 5.75 Å². The van der Waals surface area contributed by atoms with Crippen molar-refractivity contribution in [2.45, 2.75) is 18.6 Å². The van der Waals surface area contributed by atoms with Crippen LogP contribution in [-0.2, 0) is 11.2 Å². The summed E-state index contributed by atoms with van der Waals surface area (Å²) in [4.78, 5) is 11.2. The van der Waals surface area contributed by atoms with Crippen LogP contribution in [0.1, 0.15) is 18.4 Å². The van der Waals surface area contributed by atoms with Crippen molar-refractivity contribution >= 4 is 51.3 Å². The minimum absolute atomic E-state index is 0.0963. The number of hydrogen-bond acceptors (Lipinski definition) is 6. The molecular weight excluding hydrogens is 396 g/mol. The van der Waals surface area contributed by atoms with Crippen LogP contribution in [0.4, 0.5) is 0 Å². The van der Waals surface area contributed by atoms with Gasteiger partial charge < -0.3 is 14.6 Å². The standard InChI is InChI=1S/C13H10BrClN2O4S/c1-2-10-16-17-13(21-10)22-9(12(19)20)4-6-3-7(15)5-8(14)11(6)18/h3-5,18H,2H2,1H3,(H,19,20)/p-1/b9-4-. The largest absolute Gasteiger partial charge is 0.871 e. The Kier molecular flexibility index (Phi) is 5.49. The van der Waals surface area contributed by atoms with E-state index < -0.39 is 5.97 Å². The number of thioether (sulfide) groups is 1. The van der Waals surface area contributed by atoms with Crippen molar-refractivity contribution in [1.29, 1.82) is 0 Å². The Labute approximate surface area is 143 Å². The quantitative estimate of drug-likeness (QED) is 0.602. The van der Waals surface area contributed by atoms with E-state index in [1.54, 1.807) is 0 Å². The summed E-state index contributed by atoms with van der Waals surface area (Å²) in [5, 5.41) is 29.1. The topological polar surface area (TPSA) is 99.3 Å². The molecule has 1 heterocycles. The molecular formula is C13H9BrClN2O4S-. The number of carboxylic acids is 1. The normalized spacial score (nSPS) is 11.7. The van der Waals surface area contributed by atoms with Gasteiger partial charge in [-0.2, -0.15) is 0 Å². The SMILES string of the molecule is CCc1nnc(S/C(=C\c2cc(Cl)cc(Br)c2[O-])C(=O)O)o1. The van der Waals surface area contributed by atoms with Crippen LogP contribution in [0.25, 0.3) is 6.08 Å². The molecule has 0 aliphatic rings. The summed E-state index contributed by atoms with van der Waals surface area (Å²) in [6.45, 7) is 1.84. The first-order chi connectivity index (χ1) is 10.4. The number of aliphatic carboxylic acids is 1. The van der Waals surface area contributed by atoms with Gasteiger partial charge in [0.15, 0.2) is 0 Å². The van der Waals surface area contributed by atoms with Gasteiger partial charge in [-0.3, -0.25) is 0 Å². The monoisotopic (exact) mass is 403 g/mol. The summed E-state index contributed by atoms with van der Waals surface area (Å²) in [6.07, 6.45) is 1.77. The molecule has 0 amide bonds. The van der Waals surface area contributed by atoms with Gasteiger partial charge in [0, 0.05) is 15.9 Å². The van der Waals surface area contributed by atoms with E-state index in [0.29, 0.717) is 17.3 Å². The zero-order chi connectivity index (χ0) is 16.3. The number of rotatable bonds is 5. The van der Waals surface area contributed by atoms with E-state index in [2.05, 4.69) is 26.1 Å². The van der Waals surface area contributed by atoms with Gasteiger partial charge in [0.05, 0.1) is 0 Å². The van der Waals surface area contributed by atoms with E-state index in [1.165, 1.54) is 18.2 Å². The molecule has 9 heteroatoms. The number of nitrogens with zero attached hydrogens (tertiary/aromatic N) is 2. The summed E-state index contributed by atoms with van der Waals surface area (Å²) in [6, 6.07) is 2.84. The van der Waals surface area contributed by atoms with Gasteiger partial charge in [0.25, 0.3) is 5.22 Å². The van der Waals surface area contributed by atoms with Crippen LogP contribution in [0.3, 0.4) is 0 Å². The van der Waals surface area contributed by atoms with E-state index in [1.807, 2.05) is 6.92 Å². The Morgan fingerprint density at radius 1 is 1.55 bits per heavy atom. The highest BCUT2D eigenvalue weighted by atomic mass is 79.9. The molecule has 0 aliphatic carbocycles. The molecule has 2 aromatic rings. The molecule has 6 nitrogen and oxygen atoms in total. The fourth-order valence-electron chi connectivity index (χ4n) is 1.48. The lowest BCUT2D eigenvalue weighted by Gasteiger charge is -2.14. The van der Waals surface area contributed by atoms with Crippen LogP contribution in [-0.4, -0.2) is 21.3 Å². The highest BCUT2D eigenvalue weighted by Crippen LogP contribution is 2.34. The van der Waals surface area contributed by atoms with Gasteiger partial charge in [-0.05, 0) is 35.5 Å². The molecule has 1 aromatic heterocycles. The maximum Gasteiger partial charge on any atom is 0.342 e. The first-order valence-electron chi connectivity index (χ1n) is 6.02. The van der Waals surface area contributed by atoms with Crippen molar-refractivity contribution in [3.63, 3.8) is 0 Å². The molecule has 0 saturated carbocycles. The summed E-state index contributed by atoms with van der Waals surface area (Å²) in [5.74, 6) is -1.16. The minimum Gasteiger partial charge on any atom is -0.871 e. The smallest absolute Gasteiger partial charge is 0.342 e. The number of aryl methyl sites for hydroxylation is 1. The van der Waals surface area contributed by atoms with Crippen LogP contribution < -0.4 is 5.11 Å². The predicted molar refractivity (Wildman–Crippen MR) is 83.7 cm³/mol. The molecule has 22 heavy (non-hydrogen) atoms. The first kappa shape index (κ1) is 16.9. The number of carboxylic acid groups (broad SMARTS) is 1. The zero-order valence-electron chi connectivity index (χ0n) is 11.2. The Balaban J connectivity index is 2.37. The van der Waals surface area contributed by atoms with Gasteiger partial charge in [-0.15, -0.1) is 10.2 Å². The second kappa shape index (κ2) is 7.17. The second-order valence-electron chi connectivity index (χ2n) is 4.04. The highest BCUT2D eigenvalue weighted by molar-refractivity contribution is 9.10. The Bertz CT molecular complexity index is 748. The van der Waals surface area contributed by atoms with Gasteiger partial charge in [-0.1, -0.05) is 40.2 Å². The van der Waals surface area contributed by atoms with Gasteiger partial charge in [0.1, 0.15) is 4.91 Å². The molecule has 0 atom stereocenters. The summed E-state index contributed by atoms with van der Waals surface area (Å²) in [5.41, 5.74) is 0.152. The Morgan fingerprint density at radius 3 is 2.86 bits per heavy atom. The highest BCUT2D eigenvalue weighted by Gasteiger charge is 2.15. The Hall–Kier alpha value is -1.51. The molecule has 0 fully saturated rings. The zero-order valence-corrected chi connectivity index (χ0v) is 14.3. The van der Waals surface area contributed by atoms with Crippen LogP contribution in [0, 0.1) is 0 Å². The van der Waals surface area contributed by atoms with Crippen molar-refractivity contribution in [2.75, 3.05) is 0 Å². The number of hydrogen-bond donors (Lipinski definition) is 1. The molecule has 0 bridgehead atoms. The van der Waals surface area contributed by atoms with E-state index in [4.69, 9.17) is 16.0 Å². The van der Waals surface area contributed by atoms with Crippen LogP contribution >= 0.6 is 39.3 Å². The third kappa shape index (κ3) is 4.02. The fraction of sp³-hybridized carbons (Fsp3) is 0.154. The molecule has 0 radical (unpaired) electrons. The van der Waals surface area contributed by atoms with Gasteiger partial charge >= 0.3 is 5.97 Å². The Morgan fingerprint density at radius 2 is 2.27 bits per heavy atom. The van der Waals surface area contributed by atoms with Crippen molar-refractivity contribution in [1.82, 2.24) is 10.2 Å². The molecule has 0 unspecified atom stereocenters. The van der Waals surface area contributed by atoms with Crippen molar-refractivity contribution in [3.05, 3.63) is 38.0 Å². The molecule has 1 N–H and O–H groups in total. The lowest BCUT2D eigenvalue weighted by molar-refractivity contribution is -0.269. The van der Waals surface area contributed by atoms with E-state index in [9.17, 15) is 15.0 Å². The summed E-state index contributed by atoms with van der Waals surface area (Å²) >= 11 is 9.73. The number of benzene rings is 1. The van der Waals surface area contributed by atoms with Crippen molar-refractivity contribution < 1.29 is 19.4 Å². The van der Waals surface area contributed by atoms with Gasteiger partial charge in [0.2, 0.25) is 5.89 Å². The van der Waals surface area contributed by atoms with E-state index in [-0.39, 0.29) is 25.9 Å². The maximum atomic E-state index is 12.0. The predicted octanol–water partition coefficient (Wildman–Crippen LogP) is 3.34. The summed E-state index contributed by atoms with van der Waals surface area (Å²) < 4.78 is 5.51. The third-order valence-electron chi connectivity index (χ3n) is 2.48. The first-order valence-corrected chi connectivity index (χ1v) is 8.00. The fourth-order valence-corrected chi connectivity index (χ4v) is 2.99. The molecule has 0 spiro atoms. The number of halogens is 2. The molecule has 1 aromatic carbocycles. The van der Waals surface area contributed by atoms with Crippen LogP contribution in [0.2, 0.25) is 5.02 Å². The lowest BCUT2D eigenvalue weighted by Crippen LogP contribution is -1.99. The minimum atomic E-state index is -1.21. The third-order valence-corrected chi connectivity index (χ3v) is 4.14. The van der Waals surface area contributed by atoms with Gasteiger partial charge in [-0.25, -0.2) is 4.79 Å². The molecule has 0 saturated heterocycles. The molecule has 0 aliphatic heterocycles. The van der Waals surface area contributed by atoms with E-state index in [0.717, 1.165) is 11.8 Å². The van der Waals surface area contributed by atoms with E-state index >= 15 is 0 Å². The molecule has 116 valence electrons. The van der Waals surface area contributed by atoms with Crippen LogP contribution in [0.15, 0.2) is 31.2 Å². The van der Waals surface area contributed by atoms with Crippen molar-refractivity contribution in [2.24, 2.45) is 0 Å². The average molecular weight is 405 g/mol.